The zero-order valence-electron chi connectivity index (χ0n) is 15.4. The Bertz CT molecular complexity index is 1010. The molecule has 3 aromatic rings. The van der Waals surface area contributed by atoms with Crippen molar-refractivity contribution < 1.29 is 19.1 Å². The van der Waals surface area contributed by atoms with E-state index in [-0.39, 0.29) is 11.9 Å². The van der Waals surface area contributed by atoms with Gasteiger partial charge < -0.3 is 9.47 Å². The quantitative estimate of drug-likeness (QED) is 0.294. The first kappa shape index (κ1) is 19.2. The summed E-state index contributed by atoms with van der Waals surface area (Å²) >= 11 is 6.46. The van der Waals surface area contributed by atoms with Crippen LogP contribution >= 0.6 is 11.6 Å². The van der Waals surface area contributed by atoms with Crippen molar-refractivity contribution in [1.82, 2.24) is 0 Å². The van der Waals surface area contributed by atoms with Gasteiger partial charge in [-0.2, -0.15) is 0 Å². The Morgan fingerprint density at radius 1 is 0.778 bits per heavy atom. The average Bonchev–Trinajstić information content (AvgIpc) is 2.65. The number of esters is 2. The van der Waals surface area contributed by atoms with Crippen molar-refractivity contribution in [3.05, 3.63) is 47.5 Å². The molecular weight excluding hydrogens is 364 g/mol. The normalized spacial score (nSPS) is 10.9. The number of fused-ring (bicyclic) bond motifs is 2. The van der Waals surface area contributed by atoms with E-state index in [9.17, 15) is 9.59 Å². The van der Waals surface area contributed by atoms with Crippen LogP contribution in [0.2, 0.25) is 5.02 Å². The third-order valence-electron chi connectivity index (χ3n) is 4.24. The van der Waals surface area contributed by atoms with Crippen molar-refractivity contribution in [2.24, 2.45) is 0 Å². The highest BCUT2D eigenvalue weighted by Gasteiger charge is 2.21. The maximum absolute atomic E-state index is 12.2. The smallest absolute Gasteiger partial charge is 0.311 e. The fourth-order valence-electron chi connectivity index (χ4n) is 3.06. The molecule has 0 radical (unpaired) electrons. The van der Waals surface area contributed by atoms with E-state index in [0.717, 1.165) is 0 Å². The van der Waals surface area contributed by atoms with Crippen LogP contribution in [0, 0.1) is 0 Å². The molecule has 0 spiro atoms. The van der Waals surface area contributed by atoms with Crippen molar-refractivity contribution >= 4 is 45.1 Å². The molecule has 0 aliphatic heterocycles. The van der Waals surface area contributed by atoms with E-state index >= 15 is 0 Å². The number of hydrogen-bond donors (Lipinski definition) is 0. The van der Waals surface area contributed by atoms with Gasteiger partial charge in [-0.1, -0.05) is 61.8 Å². The van der Waals surface area contributed by atoms with Crippen LogP contribution in [-0.2, 0) is 9.59 Å². The molecule has 0 fully saturated rings. The van der Waals surface area contributed by atoms with E-state index in [1.165, 1.54) is 0 Å². The van der Waals surface area contributed by atoms with E-state index in [1.54, 1.807) is 12.1 Å². The number of hydrogen-bond acceptors (Lipinski definition) is 4. The number of benzene rings is 3. The molecule has 0 amide bonds. The van der Waals surface area contributed by atoms with Crippen LogP contribution in [0.15, 0.2) is 42.5 Å². The molecule has 4 nitrogen and oxygen atoms in total. The van der Waals surface area contributed by atoms with Crippen LogP contribution < -0.4 is 9.47 Å². The van der Waals surface area contributed by atoms with Gasteiger partial charge in [0, 0.05) is 34.4 Å². The number of ether oxygens (including phenoxy) is 2. The summed E-state index contributed by atoms with van der Waals surface area (Å²) in [5.74, 6) is 0.219. The maximum atomic E-state index is 12.2. The lowest BCUT2D eigenvalue weighted by atomic mass is 10.0. The molecule has 0 unspecified atom stereocenters. The lowest BCUT2D eigenvalue weighted by Gasteiger charge is -2.17. The van der Waals surface area contributed by atoms with Gasteiger partial charge in [-0.25, -0.2) is 0 Å². The Morgan fingerprint density at radius 3 is 1.89 bits per heavy atom. The molecule has 0 saturated carbocycles. The van der Waals surface area contributed by atoms with Gasteiger partial charge in [-0.3, -0.25) is 9.59 Å². The monoisotopic (exact) mass is 384 g/mol. The molecule has 3 aromatic carbocycles. The minimum Gasteiger partial charge on any atom is -0.425 e. The standard InChI is InChI=1S/C22H21ClO4/c1-3-8-18(24)26-21-14-10-5-6-11-15(14)22(27-19(25)9-4-2)20-16(21)12-7-13-17(20)23/h5-7,10-13H,3-4,8-9H2,1-2H3. The fraction of sp³-hybridized carbons (Fsp3) is 0.273. The number of halogens is 1. The molecule has 0 aliphatic carbocycles. The summed E-state index contributed by atoms with van der Waals surface area (Å²) in [6, 6.07) is 12.7. The summed E-state index contributed by atoms with van der Waals surface area (Å²) in [7, 11) is 0. The minimum absolute atomic E-state index is 0.306. The van der Waals surface area contributed by atoms with Crippen molar-refractivity contribution in [2.75, 3.05) is 0 Å². The summed E-state index contributed by atoms with van der Waals surface area (Å²) in [5, 5.41) is 3.04. The second-order valence-electron chi connectivity index (χ2n) is 6.31. The molecule has 0 heterocycles. The SMILES string of the molecule is CCCC(=O)Oc1c2ccccc2c(OC(=O)CCC)c2c(Cl)cccc12. The number of carbonyl (C=O) groups is 2. The summed E-state index contributed by atoms with van der Waals surface area (Å²) in [6.07, 6.45) is 2.02. The number of rotatable bonds is 6. The lowest BCUT2D eigenvalue weighted by molar-refractivity contribution is -0.135. The van der Waals surface area contributed by atoms with E-state index in [4.69, 9.17) is 21.1 Å². The van der Waals surface area contributed by atoms with Gasteiger partial charge in [-0.05, 0) is 18.9 Å². The van der Waals surface area contributed by atoms with Crippen LogP contribution in [0.5, 0.6) is 11.5 Å². The van der Waals surface area contributed by atoms with Crippen molar-refractivity contribution in [3.8, 4) is 11.5 Å². The molecule has 0 atom stereocenters. The van der Waals surface area contributed by atoms with E-state index in [2.05, 4.69) is 0 Å². The molecule has 140 valence electrons. The van der Waals surface area contributed by atoms with Crippen molar-refractivity contribution in [1.29, 1.82) is 0 Å². The lowest BCUT2D eigenvalue weighted by Crippen LogP contribution is -2.10. The van der Waals surface area contributed by atoms with Crippen molar-refractivity contribution in [2.45, 2.75) is 39.5 Å². The third-order valence-corrected chi connectivity index (χ3v) is 4.56. The van der Waals surface area contributed by atoms with E-state index in [1.807, 2.05) is 44.2 Å². The van der Waals surface area contributed by atoms with Crippen LogP contribution in [0.25, 0.3) is 21.5 Å². The predicted molar refractivity (Wildman–Crippen MR) is 108 cm³/mol. The van der Waals surface area contributed by atoms with Crippen molar-refractivity contribution in [3.63, 3.8) is 0 Å². The second-order valence-corrected chi connectivity index (χ2v) is 6.72. The first-order chi connectivity index (χ1) is 13.1. The predicted octanol–water partition coefficient (Wildman–Crippen LogP) is 6.06. The Morgan fingerprint density at radius 2 is 1.30 bits per heavy atom. The molecule has 0 aliphatic rings. The molecule has 3 rings (SSSR count). The average molecular weight is 385 g/mol. The van der Waals surface area contributed by atoms with Crippen LogP contribution in [0.4, 0.5) is 0 Å². The Hall–Kier alpha value is -2.59. The molecule has 0 bridgehead atoms. The highest BCUT2D eigenvalue weighted by Crippen LogP contribution is 2.45. The Balaban J connectivity index is 2.31. The van der Waals surface area contributed by atoms with Gasteiger partial charge in [-0.15, -0.1) is 0 Å². The Kier molecular flexibility index (Phi) is 5.97. The van der Waals surface area contributed by atoms with Gasteiger partial charge in [0.2, 0.25) is 0 Å². The second kappa shape index (κ2) is 8.40. The summed E-state index contributed by atoms with van der Waals surface area (Å²) in [4.78, 5) is 24.4. The highest BCUT2D eigenvalue weighted by molar-refractivity contribution is 6.37. The first-order valence-corrected chi connectivity index (χ1v) is 9.48. The number of carbonyl (C=O) groups excluding carboxylic acids is 2. The van der Waals surface area contributed by atoms with Gasteiger partial charge in [0.1, 0.15) is 11.5 Å². The summed E-state index contributed by atoms with van der Waals surface area (Å²) < 4.78 is 11.4. The van der Waals surface area contributed by atoms with E-state index in [0.29, 0.717) is 63.7 Å². The molecule has 5 heteroatoms. The van der Waals surface area contributed by atoms with Crippen LogP contribution in [0.1, 0.15) is 39.5 Å². The van der Waals surface area contributed by atoms with Gasteiger partial charge >= 0.3 is 11.9 Å². The topological polar surface area (TPSA) is 52.6 Å². The molecule has 0 N–H and O–H groups in total. The first-order valence-electron chi connectivity index (χ1n) is 9.11. The van der Waals surface area contributed by atoms with E-state index < -0.39 is 0 Å². The Labute approximate surface area is 163 Å². The zero-order valence-corrected chi connectivity index (χ0v) is 16.1. The van der Waals surface area contributed by atoms with Crippen LogP contribution in [-0.4, -0.2) is 11.9 Å². The maximum Gasteiger partial charge on any atom is 0.311 e. The molecule has 0 saturated heterocycles. The van der Waals surface area contributed by atoms with Crippen LogP contribution in [0.3, 0.4) is 0 Å². The minimum atomic E-state index is -0.320. The highest BCUT2D eigenvalue weighted by atomic mass is 35.5. The van der Waals surface area contributed by atoms with Gasteiger partial charge in [0.15, 0.2) is 0 Å². The van der Waals surface area contributed by atoms with Gasteiger partial charge in [0.05, 0.1) is 5.02 Å². The van der Waals surface area contributed by atoms with Gasteiger partial charge in [0.25, 0.3) is 0 Å². The summed E-state index contributed by atoms with van der Waals surface area (Å²) in [6.45, 7) is 3.84. The third kappa shape index (κ3) is 3.91. The molecule has 0 aromatic heterocycles. The zero-order chi connectivity index (χ0) is 19.4. The fourth-order valence-corrected chi connectivity index (χ4v) is 3.32. The molecular formula is C22H21ClO4. The largest absolute Gasteiger partial charge is 0.425 e. The summed E-state index contributed by atoms with van der Waals surface area (Å²) in [5.41, 5.74) is 0. The molecule has 27 heavy (non-hydrogen) atoms.